The fourth-order valence-corrected chi connectivity index (χ4v) is 3.97. The van der Waals surface area contributed by atoms with Gasteiger partial charge in [-0.3, -0.25) is 9.59 Å². The molecule has 1 amide bonds. The normalized spacial score (nSPS) is 15.8. The number of carbonyl (C=O) groups is 1. The van der Waals surface area contributed by atoms with Crippen LogP contribution >= 0.6 is 0 Å². The van der Waals surface area contributed by atoms with Gasteiger partial charge < -0.3 is 14.6 Å². The second-order valence-electron chi connectivity index (χ2n) is 7.90. The van der Waals surface area contributed by atoms with Gasteiger partial charge in [0.1, 0.15) is 5.69 Å². The van der Waals surface area contributed by atoms with E-state index in [-0.39, 0.29) is 34.2 Å². The SMILES string of the molecule is O=C(Nc1ccc(F)c(F)c1)c1cn(CC2CCCO2)cc2c(=O)n(-c3ccccc3)nc1-2. The number of amides is 1. The van der Waals surface area contributed by atoms with E-state index in [1.165, 1.54) is 10.7 Å². The van der Waals surface area contributed by atoms with Crippen LogP contribution in [0.4, 0.5) is 14.5 Å². The van der Waals surface area contributed by atoms with Crippen molar-refractivity contribution in [2.24, 2.45) is 0 Å². The van der Waals surface area contributed by atoms with Gasteiger partial charge in [-0.15, -0.1) is 0 Å². The number of anilines is 1. The lowest BCUT2D eigenvalue weighted by molar-refractivity contribution is 0.0961. The Morgan fingerprint density at radius 1 is 1.12 bits per heavy atom. The monoisotopic (exact) mass is 450 g/mol. The van der Waals surface area contributed by atoms with E-state index in [1.807, 2.05) is 6.07 Å². The molecule has 0 aliphatic carbocycles. The van der Waals surface area contributed by atoms with Gasteiger partial charge in [0.25, 0.3) is 11.5 Å². The molecule has 5 rings (SSSR count). The Morgan fingerprint density at radius 3 is 2.67 bits per heavy atom. The van der Waals surface area contributed by atoms with Gasteiger partial charge in [-0.05, 0) is 37.1 Å². The van der Waals surface area contributed by atoms with Crippen LogP contribution in [-0.4, -0.2) is 33.0 Å². The number of para-hydroxylation sites is 1. The summed E-state index contributed by atoms with van der Waals surface area (Å²) in [6.07, 6.45) is 5.08. The number of carbonyl (C=O) groups excluding carboxylic acids is 1. The Kier molecular flexibility index (Phi) is 5.47. The molecule has 3 aliphatic rings. The molecule has 33 heavy (non-hydrogen) atoms. The fourth-order valence-electron chi connectivity index (χ4n) is 3.97. The Morgan fingerprint density at radius 2 is 1.94 bits per heavy atom. The molecule has 2 aromatic rings. The fraction of sp³-hybridized carbons (Fsp3) is 0.208. The van der Waals surface area contributed by atoms with Gasteiger partial charge in [0.2, 0.25) is 0 Å². The first-order valence-electron chi connectivity index (χ1n) is 10.6. The highest BCUT2D eigenvalue weighted by molar-refractivity contribution is 6.08. The number of halogens is 2. The van der Waals surface area contributed by atoms with Crippen LogP contribution in [0.15, 0.2) is 65.7 Å². The highest BCUT2D eigenvalue weighted by Gasteiger charge is 2.26. The largest absolute Gasteiger partial charge is 0.376 e. The van der Waals surface area contributed by atoms with Crippen molar-refractivity contribution in [3.05, 3.63) is 88.5 Å². The highest BCUT2D eigenvalue weighted by atomic mass is 19.2. The number of fused-ring (bicyclic) bond motifs is 1. The average Bonchev–Trinajstić information content (AvgIpc) is 3.44. The van der Waals surface area contributed by atoms with Crippen LogP contribution in [0.25, 0.3) is 16.9 Å². The lowest BCUT2D eigenvalue weighted by atomic mass is 10.1. The van der Waals surface area contributed by atoms with Gasteiger partial charge in [-0.2, -0.15) is 9.78 Å². The summed E-state index contributed by atoms with van der Waals surface area (Å²) < 4.78 is 35.6. The molecular weight excluding hydrogens is 430 g/mol. The molecule has 2 aromatic carbocycles. The van der Waals surface area contributed by atoms with Crippen LogP contribution < -0.4 is 10.9 Å². The molecular formula is C24H20F2N4O3. The minimum atomic E-state index is -1.07. The molecule has 3 heterocycles. The number of ether oxygens (including phenoxy) is 1. The number of nitrogens with zero attached hydrogens (tertiary/aromatic N) is 3. The first-order valence-corrected chi connectivity index (χ1v) is 10.6. The summed E-state index contributed by atoms with van der Waals surface area (Å²) in [4.78, 5) is 26.3. The van der Waals surface area contributed by atoms with E-state index in [0.717, 1.165) is 25.0 Å². The number of hydrogen-bond acceptors (Lipinski definition) is 4. The first kappa shape index (κ1) is 21.0. The first-order chi connectivity index (χ1) is 16.0. The van der Waals surface area contributed by atoms with E-state index in [9.17, 15) is 18.4 Å². The molecule has 0 radical (unpaired) electrons. The smallest absolute Gasteiger partial charge is 0.282 e. The van der Waals surface area contributed by atoms with Crippen LogP contribution in [0.5, 0.6) is 0 Å². The van der Waals surface area contributed by atoms with Crippen molar-refractivity contribution in [2.45, 2.75) is 25.5 Å². The molecule has 0 saturated carbocycles. The van der Waals surface area contributed by atoms with Crippen LogP contribution in [0, 0.1) is 11.6 Å². The molecule has 1 fully saturated rings. The molecule has 0 bridgehead atoms. The number of nitrogens with one attached hydrogen (secondary N) is 1. The van der Waals surface area contributed by atoms with E-state index in [4.69, 9.17) is 4.74 Å². The van der Waals surface area contributed by atoms with Crippen molar-refractivity contribution in [1.82, 2.24) is 14.3 Å². The third-order valence-corrected chi connectivity index (χ3v) is 5.58. The molecule has 3 aliphatic heterocycles. The topological polar surface area (TPSA) is 78.2 Å². The van der Waals surface area contributed by atoms with Gasteiger partial charge >= 0.3 is 0 Å². The summed E-state index contributed by atoms with van der Waals surface area (Å²) in [6.45, 7) is 1.15. The van der Waals surface area contributed by atoms with Crippen LogP contribution in [-0.2, 0) is 11.3 Å². The third-order valence-electron chi connectivity index (χ3n) is 5.58. The molecule has 1 unspecified atom stereocenters. The van der Waals surface area contributed by atoms with Gasteiger partial charge in [0.15, 0.2) is 11.6 Å². The Bertz CT molecular complexity index is 1340. The van der Waals surface area contributed by atoms with Crippen LogP contribution in [0.3, 0.4) is 0 Å². The maximum atomic E-state index is 13.6. The van der Waals surface area contributed by atoms with Crippen LogP contribution in [0.2, 0.25) is 0 Å². The van der Waals surface area contributed by atoms with E-state index in [2.05, 4.69) is 10.4 Å². The number of aromatic nitrogens is 3. The minimum Gasteiger partial charge on any atom is -0.376 e. The van der Waals surface area contributed by atoms with Gasteiger partial charge in [-0.1, -0.05) is 18.2 Å². The van der Waals surface area contributed by atoms with Crippen molar-refractivity contribution in [2.75, 3.05) is 11.9 Å². The van der Waals surface area contributed by atoms with E-state index in [1.54, 1.807) is 41.2 Å². The summed E-state index contributed by atoms with van der Waals surface area (Å²) in [5, 5.41) is 6.98. The summed E-state index contributed by atoms with van der Waals surface area (Å²) in [5.41, 5.74) is 0.923. The highest BCUT2D eigenvalue weighted by Crippen LogP contribution is 2.25. The summed E-state index contributed by atoms with van der Waals surface area (Å²) in [6, 6.07) is 12.0. The summed E-state index contributed by atoms with van der Waals surface area (Å²) in [7, 11) is 0. The Hall–Kier alpha value is -3.85. The van der Waals surface area contributed by atoms with E-state index in [0.29, 0.717) is 18.8 Å². The van der Waals surface area contributed by atoms with Crippen molar-refractivity contribution < 1.29 is 18.3 Å². The summed E-state index contributed by atoms with van der Waals surface area (Å²) in [5.74, 6) is -2.68. The molecule has 7 nitrogen and oxygen atoms in total. The number of rotatable bonds is 5. The number of hydrogen-bond donors (Lipinski definition) is 1. The van der Waals surface area contributed by atoms with Gasteiger partial charge in [0, 0.05) is 37.3 Å². The maximum Gasteiger partial charge on any atom is 0.282 e. The maximum absolute atomic E-state index is 13.6. The minimum absolute atomic E-state index is 0.0196. The molecule has 9 heteroatoms. The van der Waals surface area contributed by atoms with Crippen molar-refractivity contribution in [1.29, 1.82) is 0 Å². The van der Waals surface area contributed by atoms with Gasteiger partial charge in [-0.25, -0.2) is 8.78 Å². The van der Waals surface area contributed by atoms with Crippen LogP contribution in [0.1, 0.15) is 23.2 Å². The molecule has 0 aromatic heterocycles. The van der Waals surface area contributed by atoms with Crippen molar-refractivity contribution in [3.8, 4) is 16.9 Å². The van der Waals surface area contributed by atoms with Crippen molar-refractivity contribution >= 4 is 11.6 Å². The van der Waals surface area contributed by atoms with E-state index < -0.39 is 17.5 Å². The molecule has 168 valence electrons. The molecule has 1 N–H and O–H groups in total. The van der Waals surface area contributed by atoms with E-state index >= 15 is 0 Å². The molecule has 1 saturated heterocycles. The molecule has 0 spiro atoms. The lowest BCUT2D eigenvalue weighted by Gasteiger charge is -2.16. The van der Waals surface area contributed by atoms with Gasteiger partial charge in [0.05, 0.1) is 22.9 Å². The zero-order valence-electron chi connectivity index (χ0n) is 17.5. The zero-order chi connectivity index (χ0) is 22.9. The Balaban J connectivity index is 1.59. The van der Waals surface area contributed by atoms with Crippen molar-refractivity contribution in [3.63, 3.8) is 0 Å². The third kappa shape index (κ3) is 4.14. The summed E-state index contributed by atoms with van der Waals surface area (Å²) >= 11 is 0. The number of benzene rings is 2. The second kappa shape index (κ2) is 8.59. The predicted octanol–water partition coefficient (Wildman–Crippen LogP) is 3.85. The number of pyridine rings is 1. The predicted molar refractivity (Wildman–Crippen MR) is 118 cm³/mol. The molecule has 1 atom stereocenters. The standard InChI is InChI=1S/C24H20F2N4O3/c25-20-9-8-15(11-21(20)26)27-23(31)18-13-29(12-17-7-4-10-33-17)14-19-22(18)28-30(24(19)32)16-5-2-1-3-6-16/h1-3,5-6,8-9,11,13-14,17H,4,7,10,12H2,(H,27,31). The average molecular weight is 450 g/mol. The quantitative estimate of drug-likeness (QED) is 0.501. The lowest BCUT2D eigenvalue weighted by Crippen LogP contribution is -2.21. The zero-order valence-corrected chi connectivity index (χ0v) is 17.5. The second-order valence-corrected chi connectivity index (χ2v) is 7.90. The Labute approximate surface area is 187 Å².